The zero-order valence-electron chi connectivity index (χ0n) is 13.3. The Kier molecular flexibility index (Phi) is 5.38. The van der Waals surface area contributed by atoms with E-state index >= 15 is 0 Å². The summed E-state index contributed by atoms with van der Waals surface area (Å²) >= 11 is 0. The molecule has 0 saturated carbocycles. The van der Waals surface area contributed by atoms with Crippen LogP contribution in [0.25, 0.3) is 0 Å². The van der Waals surface area contributed by atoms with E-state index in [4.69, 9.17) is 0 Å². The van der Waals surface area contributed by atoms with E-state index in [1.165, 1.54) is 5.69 Å². The summed E-state index contributed by atoms with van der Waals surface area (Å²) in [7, 11) is 0. The van der Waals surface area contributed by atoms with Crippen LogP contribution >= 0.6 is 0 Å². The maximum absolute atomic E-state index is 4.45. The van der Waals surface area contributed by atoms with Crippen LogP contribution in [0.4, 0.5) is 5.69 Å². The fourth-order valence-electron chi connectivity index (χ4n) is 2.56. The molecule has 1 aliphatic heterocycles. The Labute approximate surface area is 123 Å². The largest absolute Gasteiger partial charge is 0.369 e. The Bertz CT molecular complexity index is 409. The van der Waals surface area contributed by atoms with E-state index < -0.39 is 0 Å². The first-order valence-corrected chi connectivity index (χ1v) is 7.73. The lowest BCUT2D eigenvalue weighted by Gasteiger charge is -2.38. The van der Waals surface area contributed by atoms with E-state index in [2.05, 4.69) is 59.9 Å². The van der Waals surface area contributed by atoms with E-state index in [0.29, 0.717) is 12.1 Å². The summed E-state index contributed by atoms with van der Waals surface area (Å²) < 4.78 is 0. The third-order valence-electron chi connectivity index (χ3n) is 3.90. The molecular formula is C16H28N4. The molecule has 0 aromatic carbocycles. The summed E-state index contributed by atoms with van der Waals surface area (Å²) in [6.45, 7) is 14.2. The maximum Gasteiger partial charge on any atom is 0.0562 e. The Morgan fingerprint density at radius 1 is 1.15 bits per heavy atom. The van der Waals surface area contributed by atoms with Crippen molar-refractivity contribution in [3.8, 4) is 0 Å². The number of rotatable bonds is 5. The van der Waals surface area contributed by atoms with Crippen LogP contribution in [0.5, 0.6) is 0 Å². The number of hydrogen-bond donors (Lipinski definition) is 1. The summed E-state index contributed by atoms with van der Waals surface area (Å²) in [6, 6.07) is 5.50. The average Bonchev–Trinajstić information content (AvgIpc) is 2.45. The van der Waals surface area contributed by atoms with Gasteiger partial charge in [-0.3, -0.25) is 9.88 Å². The first kappa shape index (κ1) is 15.3. The molecule has 0 bridgehead atoms. The number of hydrogen-bond acceptors (Lipinski definition) is 4. The number of nitrogens with zero attached hydrogens (tertiary/aromatic N) is 3. The van der Waals surface area contributed by atoms with Crippen LogP contribution in [0, 0.1) is 0 Å². The second-order valence-corrected chi connectivity index (χ2v) is 6.16. The van der Waals surface area contributed by atoms with Gasteiger partial charge in [0.15, 0.2) is 0 Å². The molecule has 0 aliphatic carbocycles. The number of nitrogens with one attached hydrogen (secondary N) is 1. The smallest absolute Gasteiger partial charge is 0.0562 e. The Hall–Kier alpha value is -1.13. The van der Waals surface area contributed by atoms with Crippen molar-refractivity contribution in [2.24, 2.45) is 0 Å². The molecule has 0 unspecified atom stereocenters. The van der Waals surface area contributed by atoms with Gasteiger partial charge in [0.2, 0.25) is 0 Å². The Morgan fingerprint density at radius 3 is 2.45 bits per heavy atom. The van der Waals surface area contributed by atoms with Crippen LogP contribution in [0.1, 0.15) is 33.4 Å². The second-order valence-electron chi connectivity index (χ2n) is 6.16. The first-order valence-electron chi connectivity index (χ1n) is 7.73. The maximum atomic E-state index is 4.45. The predicted molar refractivity (Wildman–Crippen MR) is 85.1 cm³/mol. The zero-order chi connectivity index (χ0) is 14.5. The van der Waals surface area contributed by atoms with Crippen LogP contribution in [0.3, 0.4) is 0 Å². The highest BCUT2D eigenvalue weighted by Gasteiger charge is 2.19. The molecule has 2 rings (SSSR count). The highest BCUT2D eigenvalue weighted by molar-refractivity contribution is 5.47. The molecule has 1 fully saturated rings. The molecule has 1 N–H and O–H groups in total. The van der Waals surface area contributed by atoms with Crippen molar-refractivity contribution >= 4 is 5.69 Å². The normalized spacial score (nSPS) is 17.2. The molecular weight excluding hydrogens is 248 g/mol. The van der Waals surface area contributed by atoms with Crippen LogP contribution < -0.4 is 10.2 Å². The highest BCUT2D eigenvalue weighted by atomic mass is 15.3. The highest BCUT2D eigenvalue weighted by Crippen LogP contribution is 2.17. The average molecular weight is 276 g/mol. The lowest BCUT2D eigenvalue weighted by Crippen LogP contribution is -2.48. The van der Waals surface area contributed by atoms with E-state index in [1.807, 2.05) is 6.20 Å². The SMILES string of the molecule is CC(C)NCc1cc(N2CCN(C(C)C)CC2)ccn1. The molecule has 112 valence electrons. The molecule has 0 amide bonds. The van der Waals surface area contributed by atoms with Gasteiger partial charge in [-0.25, -0.2) is 0 Å². The van der Waals surface area contributed by atoms with Crippen molar-refractivity contribution in [2.75, 3.05) is 31.1 Å². The minimum Gasteiger partial charge on any atom is -0.369 e. The molecule has 1 aliphatic rings. The lowest BCUT2D eigenvalue weighted by atomic mass is 10.2. The van der Waals surface area contributed by atoms with Gasteiger partial charge in [0.05, 0.1) is 5.69 Å². The van der Waals surface area contributed by atoms with Gasteiger partial charge in [0, 0.05) is 56.7 Å². The van der Waals surface area contributed by atoms with Crippen molar-refractivity contribution < 1.29 is 0 Å². The van der Waals surface area contributed by atoms with Crippen molar-refractivity contribution in [2.45, 2.75) is 46.3 Å². The van der Waals surface area contributed by atoms with Crippen LogP contribution in [0.2, 0.25) is 0 Å². The summed E-state index contributed by atoms with van der Waals surface area (Å²) in [4.78, 5) is 9.46. The van der Waals surface area contributed by atoms with Gasteiger partial charge in [0.1, 0.15) is 0 Å². The van der Waals surface area contributed by atoms with E-state index in [0.717, 1.165) is 38.4 Å². The molecule has 20 heavy (non-hydrogen) atoms. The van der Waals surface area contributed by atoms with Gasteiger partial charge in [-0.05, 0) is 26.0 Å². The minimum atomic E-state index is 0.495. The van der Waals surface area contributed by atoms with Crippen LogP contribution in [-0.4, -0.2) is 48.1 Å². The predicted octanol–water partition coefficient (Wildman–Crippen LogP) is 2.11. The van der Waals surface area contributed by atoms with Crippen LogP contribution in [-0.2, 0) is 6.54 Å². The number of anilines is 1. The van der Waals surface area contributed by atoms with Crippen molar-refractivity contribution in [3.05, 3.63) is 24.0 Å². The number of piperazine rings is 1. The van der Waals surface area contributed by atoms with Gasteiger partial charge < -0.3 is 10.2 Å². The van der Waals surface area contributed by atoms with E-state index in [-0.39, 0.29) is 0 Å². The molecule has 1 saturated heterocycles. The summed E-state index contributed by atoms with van der Waals surface area (Å²) in [5.74, 6) is 0. The van der Waals surface area contributed by atoms with Crippen LogP contribution in [0.15, 0.2) is 18.3 Å². The fourth-order valence-corrected chi connectivity index (χ4v) is 2.56. The monoisotopic (exact) mass is 276 g/mol. The Morgan fingerprint density at radius 2 is 1.85 bits per heavy atom. The Balaban J connectivity index is 1.94. The standard InChI is InChI=1S/C16H28N4/c1-13(2)18-12-15-11-16(5-6-17-15)20-9-7-19(8-10-20)14(3)4/h5-6,11,13-14,18H,7-10,12H2,1-4H3. The third-order valence-corrected chi connectivity index (χ3v) is 3.90. The first-order chi connectivity index (χ1) is 9.56. The molecule has 2 heterocycles. The molecule has 1 aromatic rings. The molecule has 0 radical (unpaired) electrons. The van der Waals surface area contributed by atoms with Gasteiger partial charge in [-0.1, -0.05) is 13.8 Å². The van der Waals surface area contributed by atoms with Gasteiger partial charge in [-0.15, -0.1) is 0 Å². The summed E-state index contributed by atoms with van der Waals surface area (Å²) in [5.41, 5.74) is 2.44. The molecule has 4 nitrogen and oxygen atoms in total. The fraction of sp³-hybridized carbons (Fsp3) is 0.688. The van der Waals surface area contributed by atoms with Gasteiger partial charge in [0.25, 0.3) is 0 Å². The van der Waals surface area contributed by atoms with Crippen molar-refractivity contribution in [1.29, 1.82) is 0 Å². The summed E-state index contributed by atoms with van der Waals surface area (Å²) in [5, 5.41) is 3.42. The third kappa shape index (κ3) is 4.18. The van der Waals surface area contributed by atoms with Gasteiger partial charge in [-0.2, -0.15) is 0 Å². The summed E-state index contributed by atoms with van der Waals surface area (Å²) in [6.07, 6.45) is 1.93. The molecule has 4 heteroatoms. The zero-order valence-corrected chi connectivity index (χ0v) is 13.3. The lowest BCUT2D eigenvalue weighted by molar-refractivity contribution is 0.209. The number of aromatic nitrogens is 1. The van der Waals surface area contributed by atoms with Gasteiger partial charge >= 0.3 is 0 Å². The molecule has 1 aromatic heterocycles. The minimum absolute atomic E-state index is 0.495. The quantitative estimate of drug-likeness (QED) is 0.892. The van der Waals surface area contributed by atoms with Crippen molar-refractivity contribution in [1.82, 2.24) is 15.2 Å². The second kappa shape index (κ2) is 7.04. The molecule has 0 spiro atoms. The van der Waals surface area contributed by atoms with E-state index in [1.54, 1.807) is 0 Å². The number of pyridine rings is 1. The molecule has 0 atom stereocenters. The topological polar surface area (TPSA) is 31.4 Å². The van der Waals surface area contributed by atoms with Crippen molar-refractivity contribution in [3.63, 3.8) is 0 Å². The van der Waals surface area contributed by atoms with E-state index in [9.17, 15) is 0 Å².